The molecule has 4 rings (SSSR count). The highest BCUT2D eigenvalue weighted by Crippen LogP contribution is 2.34. The number of anilines is 2. The smallest absolute Gasteiger partial charge is 0.255 e. The predicted octanol–water partition coefficient (Wildman–Crippen LogP) is 4.99. The lowest BCUT2D eigenvalue weighted by Crippen LogP contribution is -2.40. The highest BCUT2D eigenvalue weighted by molar-refractivity contribution is 6.00. The van der Waals surface area contributed by atoms with Gasteiger partial charge in [-0.15, -0.1) is 0 Å². The van der Waals surface area contributed by atoms with Crippen LogP contribution in [0.1, 0.15) is 73.6 Å². The van der Waals surface area contributed by atoms with Gasteiger partial charge in [-0.05, 0) is 62.8 Å². The van der Waals surface area contributed by atoms with Crippen LogP contribution in [0, 0.1) is 13.8 Å². The average Bonchev–Trinajstić information content (AvgIpc) is 3.11. The van der Waals surface area contributed by atoms with E-state index < -0.39 is 0 Å². The zero-order valence-corrected chi connectivity index (χ0v) is 19.8. The normalized spacial score (nSPS) is 19.2. The van der Waals surface area contributed by atoms with Crippen molar-refractivity contribution in [3.8, 4) is 0 Å². The number of nitrogens with zero attached hydrogens (tertiary/aromatic N) is 2. The first kappa shape index (κ1) is 22.3. The molecule has 1 amide bonds. The maximum Gasteiger partial charge on any atom is 0.255 e. The number of hydrogen-bond donors (Lipinski definition) is 3. The quantitative estimate of drug-likeness (QED) is 0.541. The fourth-order valence-electron chi connectivity index (χ4n) is 4.54. The van der Waals surface area contributed by atoms with Crippen LogP contribution < -0.4 is 16.4 Å². The zero-order chi connectivity index (χ0) is 23.0. The van der Waals surface area contributed by atoms with E-state index in [2.05, 4.69) is 63.5 Å². The molecule has 6 heteroatoms. The van der Waals surface area contributed by atoms with E-state index >= 15 is 0 Å². The summed E-state index contributed by atoms with van der Waals surface area (Å²) in [5, 5.41) is 6.86. The van der Waals surface area contributed by atoms with E-state index in [0.29, 0.717) is 11.2 Å². The van der Waals surface area contributed by atoms with Crippen molar-refractivity contribution in [2.45, 2.75) is 77.8 Å². The number of fused-ring (bicyclic) bond motifs is 1. The molecule has 1 aliphatic carbocycles. The second-order valence-corrected chi connectivity index (χ2v) is 10.2. The first-order chi connectivity index (χ1) is 15.1. The molecule has 4 N–H and O–H groups in total. The summed E-state index contributed by atoms with van der Waals surface area (Å²) >= 11 is 0. The Morgan fingerprint density at radius 2 is 1.72 bits per heavy atom. The van der Waals surface area contributed by atoms with Crippen molar-refractivity contribution < 1.29 is 4.79 Å². The number of rotatable bonds is 4. The van der Waals surface area contributed by atoms with Crippen molar-refractivity contribution in [2.24, 2.45) is 5.73 Å². The Balaban J connectivity index is 1.75. The molecular formula is C26H35N5O. The molecule has 0 atom stereocenters. The van der Waals surface area contributed by atoms with E-state index in [4.69, 9.17) is 10.7 Å². The van der Waals surface area contributed by atoms with Gasteiger partial charge in [0.25, 0.3) is 5.91 Å². The summed E-state index contributed by atoms with van der Waals surface area (Å²) in [7, 11) is 0. The third-order valence-electron chi connectivity index (χ3n) is 6.44. The summed E-state index contributed by atoms with van der Waals surface area (Å²) in [5.41, 5.74) is 11.5. The van der Waals surface area contributed by atoms with Gasteiger partial charge < -0.3 is 16.4 Å². The fourth-order valence-corrected chi connectivity index (χ4v) is 4.54. The number of carbonyl (C=O) groups is 1. The van der Waals surface area contributed by atoms with Crippen molar-refractivity contribution in [1.29, 1.82) is 0 Å². The van der Waals surface area contributed by atoms with Crippen LogP contribution in [0.3, 0.4) is 0 Å². The van der Waals surface area contributed by atoms with Crippen LogP contribution in [0.25, 0.3) is 5.65 Å². The molecule has 1 fully saturated rings. The van der Waals surface area contributed by atoms with Crippen LogP contribution in [0.15, 0.2) is 36.5 Å². The summed E-state index contributed by atoms with van der Waals surface area (Å²) in [6, 6.07) is 10.5. The lowest BCUT2D eigenvalue weighted by atomic mass is 9.91. The predicted molar refractivity (Wildman–Crippen MR) is 131 cm³/mol. The molecule has 1 aromatic carbocycles. The Kier molecular flexibility index (Phi) is 5.99. The second-order valence-electron chi connectivity index (χ2n) is 10.2. The van der Waals surface area contributed by atoms with E-state index in [1.807, 2.05) is 22.7 Å². The molecule has 6 nitrogen and oxygen atoms in total. The Bertz CT molecular complexity index is 1110. The lowest BCUT2D eigenvalue weighted by molar-refractivity contribution is 0.0927. The summed E-state index contributed by atoms with van der Waals surface area (Å²) in [5.74, 6) is 0.836. The summed E-state index contributed by atoms with van der Waals surface area (Å²) < 4.78 is 2.01. The van der Waals surface area contributed by atoms with Crippen molar-refractivity contribution in [2.75, 3.05) is 5.32 Å². The molecule has 32 heavy (non-hydrogen) atoms. The van der Waals surface area contributed by atoms with Gasteiger partial charge in [-0.1, -0.05) is 39.0 Å². The van der Waals surface area contributed by atoms with E-state index in [-0.39, 0.29) is 23.4 Å². The average molecular weight is 434 g/mol. The number of amides is 1. The standard InChI is InChI=1S/C26H35N5O/c1-16-8-6-9-17(2)21(16)29-24-22(26(3,4)5)30-23-20(10-7-15-31(23)24)25(32)28-19-13-11-18(27)12-14-19/h6-10,15,18-19,29H,11-14,27H2,1-5H3,(H,28,32). The number of aryl methyl sites for hydroxylation is 2. The summed E-state index contributed by atoms with van der Waals surface area (Å²) in [4.78, 5) is 18.2. The molecule has 1 saturated carbocycles. The van der Waals surface area contributed by atoms with Gasteiger partial charge in [0.1, 0.15) is 5.82 Å². The van der Waals surface area contributed by atoms with Gasteiger partial charge >= 0.3 is 0 Å². The van der Waals surface area contributed by atoms with E-state index in [1.165, 1.54) is 11.1 Å². The number of pyridine rings is 1. The second kappa shape index (κ2) is 8.58. The third kappa shape index (κ3) is 4.37. The summed E-state index contributed by atoms with van der Waals surface area (Å²) in [6.07, 6.45) is 5.74. The number of aromatic nitrogens is 2. The van der Waals surface area contributed by atoms with Crippen LogP contribution in [-0.2, 0) is 5.41 Å². The molecule has 0 aliphatic heterocycles. The Morgan fingerprint density at radius 3 is 2.34 bits per heavy atom. The Labute approximate surface area is 190 Å². The minimum atomic E-state index is -0.196. The zero-order valence-electron chi connectivity index (χ0n) is 19.8. The topological polar surface area (TPSA) is 84.5 Å². The number of para-hydroxylation sites is 1. The molecule has 0 unspecified atom stereocenters. The number of hydrogen-bond acceptors (Lipinski definition) is 4. The summed E-state index contributed by atoms with van der Waals surface area (Å²) in [6.45, 7) is 10.6. The first-order valence-electron chi connectivity index (χ1n) is 11.6. The van der Waals surface area contributed by atoms with Gasteiger partial charge in [-0.2, -0.15) is 0 Å². The first-order valence-corrected chi connectivity index (χ1v) is 11.6. The van der Waals surface area contributed by atoms with Crippen LogP contribution in [0.4, 0.5) is 11.5 Å². The highest BCUT2D eigenvalue weighted by atomic mass is 16.1. The SMILES string of the molecule is Cc1cccc(C)c1Nc1c(C(C)(C)C)nc2c(C(=O)NC3CCC(N)CC3)cccn12. The maximum absolute atomic E-state index is 13.2. The fraction of sp³-hybridized carbons (Fsp3) is 0.462. The van der Waals surface area contributed by atoms with Crippen LogP contribution >= 0.6 is 0 Å². The highest BCUT2D eigenvalue weighted by Gasteiger charge is 2.28. The van der Waals surface area contributed by atoms with Gasteiger partial charge in [0, 0.05) is 29.4 Å². The number of nitrogens with two attached hydrogens (primary N) is 1. The molecule has 2 aromatic heterocycles. The molecule has 0 radical (unpaired) electrons. The monoisotopic (exact) mass is 433 g/mol. The minimum Gasteiger partial charge on any atom is -0.349 e. The maximum atomic E-state index is 13.2. The van der Waals surface area contributed by atoms with Crippen molar-refractivity contribution in [3.05, 3.63) is 58.9 Å². The van der Waals surface area contributed by atoms with Crippen LogP contribution in [-0.4, -0.2) is 27.4 Å². The third-order valence-corrected chi connectivity index (χ3v) is 6.44. The number of benzene rings is 1. The van der Waals surface area contributed by atoms with Crippen molar-refractivity contribution >= 4 is 23.1 Å². The van der Waals surface area contributed by atoms with Gasteiger partial charge in [-0.25, -0.2) is 4.98 Å². The Morgan fingerprint density at radius 1 is 1.06 bits per heavy atom. The van der Waals surface area contributed by atoms with Gasteiger partial charge in [0.15, 0.2) is 5.65 Å². The molecule has 0 bridgehead atoms. The lowest BCUT2D eigenvalue weighted by Gasteiger charge is -2.26. The van der Waals surface area contributed by atoms with Gasteiger partial charge in [0.2, 0.25) is 0 Å². The number of nitrogens with one attached hydrogen (secondary N) is 2. The largest absolute Gasteiger partial charge is 0.349 e. The van der Waals surface area contributed by atoms with Crippen molar-refractivity contribution in [1.82, 2.24) is 14.7 Å². The number of carbonyl (C=O) groups excluding carboxylic acids is 1. The van der Waals surface area contributed by atoms with E-state index in [1.54, 1.807) is 0 Å². The van der Waals surface area contributed by atoms with Gasteiger partial charge in [0.05, 0.1) is 11.3 Å². The minimum absolute atomic E-state index is 0.0693. The van der Waals surface area contributed by atoms with Gasteiger partial charge in [-0.3, -0.25) is 9.20 Å². The van der Waals surface area contributed by atoms with Crippen molar-refractivity contribution in [3.63, 3.8) is 0 Å². The van der Waals surface area contributed by atoms with E-state index in [0.717, 1.165) is 42.9 Å². The molecule has 2 heterocycles. The van der Waals surface area contributed by atoms with E-state index in [9.17, 15) is 4.79 Å². The molecule has 0 saturated heterocycles. The molecular weight excluding hydrogens is 398 g/mol. The Hall–Kier alpha value is -2.86. The molecule has 1 aliphatic rings. The van der Waals surface area contributed by atoms with Crippen LogP contribution in [0.2, 0.25) is 0 Å². The molecule has 170 valence electrons. The molecule has 3 aromatic rings. The molecule has 0 spiro atoms. The van der Waals surface area contributed by atoms with Crippen LogP contribution in [0.5, 0.6) is 0 Å². The number of imidazole rings is 1.